The lowest BCUT2D eigenvalue weighted by atomic mass is 10.8. The van der Waals surface area contributed by atoms with Crippen LogP contribution in [0.1, 0.15) is 6.92 Å². The number of carboxylic acid groups (broad SMARTS) is 1. The summed E-state index contributed by atoms with van der Waals surface area (Å²) in [5, 5.41) is 8.89. The number of hydrogen-bond donors (Lipinski definition) is 0. The molecule has 0 unspecified atom stereocenters. The molecule has 0 aromatic rings. The molecule has 1 heterocycles. The van der Waals surface area contributed by atoms with Crippen LogP contribution in [-0.4, -0.2) is 30.7 Å². The Bertz CT molecular complexity index is 65.4. The zero-order valence-electron chi connectivity index (χ0n) is 5.29. The monoisotopic (exact) mass is 134 g/mol. The number of rotatable bonds is 0. The molecule has 0 atom stereocenters. The Morgan fingerprint density at radius 3 is 2.44 bits per heavy atom. The van der Waals surface area contributed by atoms with Gasteiger partial charge in [0.2, 0.25) is 0 Å². The van der Waals surface area contributed by atoms with Gasteiger partial charge in [0.05, 0.1) is 0 Å². The highest BCUT2D eigenvalue weighted by Crippen LogP contribution is 1.81. The molecule has 0 aromatic carbocycles. The fourth-order valence-corrected chi connectivity index (χ4v) is 0.323. The van der Waals surface area contributed by atoms with Crippen LogP contribution in [0.25, 0.3) is 0 Å². The van der Waals surface area contributed by atoms with Crippen LogP contribution in [0.3, 0.4) is 0 Å². The van der Waals surface area contributed by atoms with E-state index < -0.39 is 5.97 Å². The number of carboxylic acids is 1. The zero-order valence-corrected chi connectivity index (χ0v) is 5.29. The quantitative estimate of drug-likeness (QED) is 0.369. The first-order chi connectivity index (χ1) is 4.23. The van der Waals surface area contributed by atoms with E-state index in [-0.39, 0.29) is 0 Å². The van der Waals surface area contributed by atoms with Gasteiger partial charge in [-0.05, 0) is 6.92 Å². The van der Waals surface area contributed by atoms with Gasteiger partial charge in [-0.2, -0.15) is 0 Å². The van der Waals surface area contributed by atoms with E-state index in [0.29, 0.717) is 6.79 Å². The molecule has 54 valence electrons. The molecule has 0 amide bonds. The van der Waals surface area contributed by atoms with E-state index in [1.165, 1.54) is 0 Å². The molecule has 0 bridgehead atoms. The lowest BCUT2D eigenvalue weighted by Gasteiger charge is -1.77. The summed E-state index contributed by atoms with van der Waals surface area (Å²) in [6.45, 7) is 3.33. The third kappa shape index (κ3) is 11.1. The van der Waals surface area contributed by atoms with Gasteiger partial charge in [0.25, 0.3) is 6.79 Å². The second-order valence-electron chi connectivity index (χ2n) is 1.48. The molecule has 9 heavy (non-hydrogen) atoms. The van der Waals surface area contributed by atoms with E-state index in [9.17, 15) is 0 Å². The van der Waals surface area contributed by atoms with Crippen molar-refractivity contribution < 1.29 is 19.4 Å². The van der Waals surface area contributed by atoms with E-state index in [1.807, 2.05) is 0 Å². The summed E-state index contributed by atoms with van der Waals surface area (Å²) in [5.74, 6) is -1.08. The molecule has 0 radical (unpaired) electrons. The number of hydrogen-bond acceptors (Lipinski definition) is 3. The van der Waals surface area contributed by atoms with Crippen molar-refractivity contribution in [2.24, 2.45) is 0 Å². The van der Waals surface area contributed by atoms with Gasteiger partial charge in [-0.25, -0.2) is 0 Å². The van der Waals surface area contributed by atoms with Crippen LogP contribution < -0.4 is 5.11 Å². The second-order valence-corrected chi connectivity index (χ2v) is 1.48. The van der Waals surface area contributed by atoms with Crippen LogP contribution in [0.2, 0.25) is 0 Å². The highest BCUT2D eigenvalue weighted by molar-refractivity contribution is 5.60. The van der Waals surface area contributed by atoms with Crippen molar-refractivity contribution in [3.05, 3.63) is 0 Å². The Balaban J connectivity index is 0.000000148. The SMILES string of the molecule is C1C[OH+]CO1.CC(=O)[O-]. The van der Waals surface area contributed by atoms with Crippen molar-refractivity contribution in [3.8, 4) is 0 Å². The molecule has 0 spiro atoms. The van der Waals surface area contributed by atoms with E-state index in [1.54, 1.807) is 0 Å². The van der Waals surface area contributed by atoms with Gasteiger partial charge >= 0.3 is 0 Å². The molecule has 1 fully saturated rings. The number of carbonyl (C=O) groups excluding carboxylic acids is 1. The molecule has 4 heteroatoms. The molecule has 1 aliphatic heterocycles. The summed E-state index contributed by atoms with van der Waals surface area (Å²) in [7, 11) is 0. The maximum absolute atomic E-state index is 8.89. The average Bonchev–Trinajstić information content (AvgIpc) is 2.11. The fourth-order valence-electron chi connectivity index (χ4n) is 0.323. The Hall–Kier alpha value is -0.610. The van der Waals surface area contributed by atoms with E-state index >= 15 is 0 Å². The summed E-state index contributed by atoms with van der Waals surface area (Å²) in [6.07, 6.45) is 0. The molecule has 1 aliphatic rings. The van der Waals surface area contributed by atoms with Crippen molar-refractivity contribution in [2.45, 2.75) is 6.92 Å². The third-order valence-corrected chi connectivity index (χ3v) is 0.576. The van der Waals surface area contributed by atoms with E-state index in [0.717, 1.165) is 20.1 Å². The second kappa shape index (κ2) is 5.53. The summed E-state index contributed by atoms with van der Waals surface area (Å²) >= 11 is 0. The molecule has 0 aliphatic carbocycles. The van der Waals surface area contributed by atoms with Gasteiger partial charge in [-0.3, -0.25) is 0 Å². The molecule has 0 aromatic heterocycles. The summed E-state index contributed by atoms with van der Waals surface area (Å²) in [5.41, 5.74) is 0. The molecular formula is C5H10O4. The lowest BCUT2D eigenvalue weighted by molar-refractivity contribution is -0.302. The standard InChI is InChI=1S/C3H6O2.C2H4O2/c1-2-5-3-4-1;1-2(3)4/h1-3H2;1H3,(H,3,4). The molecule has 4 nitrogen and oxygen atoms in total. The summed E-state index contributed by atoms with van der Waals surface area (Å²) < 4.78 is 8.64. The van der Waals surface area contributed by atoms with Crippen molar-refractivity contribution >= 4 is 5.97 Å². The number of ether oxygens (including phenoxy) is 2. The van der Waals surface area contributed by atoms with Gasteiger partial charge < -0.3 is 19.4 Å². The largest absolute Gasteiger partial charge is 0.550 e. The third-order valence-electron chi connectivity index (χ3n) is 0.576. The van der Waals surface area contributed by atoms with E-state index in [4.69, 9.17) is 14.6 Å². The molecule has 1 N–H and O–H groups in total. The highest BCUT2D eigenvalue weighted by Gasteiger charge is 1.99. The Kier molecular flexibility index (Phi) is 5.15. The number of aliphatic carboxylic acids is 1. The predicted molar refractivity (Wildman–Crippen MR) is 28.6 cm³/mol. The summed E-state index contributed by atoms with van der Waals surface area (Å²) in [6, 6.07) is 0. The van der Waals surface area contributed by atoms with Gasteiger partial charge in [0.15, 0.2) is 6.61 Å². The molecule has 0 saturated carbocycles. The Morgan fingerprint density at radius 2 is 2.33 bits per heavy atom. The maximum Gasteiger partial charge on any atom is 0.254 e. The average molecular weight is 134 g/mol. The zero-order chi connectivity index (χ0) is 7.11. The number of carbonyl (C=O) groups is 1. The van der Waals surface area contributed by atoms with Gasteiger partial charge in [-0.1, -0.05) is 0 Å². The van der Waals surface area contributed by atoms with Crippen LogP contribution in [0, 0.1) is 0 Å². The highest BCUT2D eigenvalue weighted by atomic mass is 16.7. The minimum absolute atomic E-state index is 0.625. The minimum atomic E-state index is -1.08. The smallest absolute Gasteiger partial charge is 0.254 e. The number of aliphatic hydroxyl groups is 2. The summed E-state index contributed by atoms with van der Waals surface area (Å²) in [4.78, 5) is 8.89. The van der Waals surface area contributed by atoms with Gasteiger partial charge in [-0.15, -0.1) is 0 Å². The normalized spacial score (nSPS) is 16.1. The van der Waals surface area contributed by atoms with Crippen LogP contribution in [-0.2, 0) is 9.53 Å². The Labute approximate surface area is 53.4 Å². The first-order valence-corrected chi connectivity index (χ1v) is 2.62. The van der Waals surface area contributed by atoms with Crippen molar-refractivity contribution in [1.29, 1.82) is 0 Å². The Morgan fingerprint density at radius 1 is 1.78 bits per heavy atom. The van der Waals surface area contributed by atoms with Crippen LogP contribution >= 0.6 is 0 Å². The van der Waals surface area contributed by atoms with Crippen molar-refractivity contribution in [3.63, 3.8) is 0 Å². The van der Waals surface area contributed by atoms with E-state index in [2.05, 4.69) is 4.74 Å². The molecular weight excluding hydrogens is 124 g/mol. The van der Waals surface area contributed by atoms with Gasteiger partial charge in [0, 0.05) is 5.97 Å². The van der Waals surface area contributed by atoms with Crippen molar-refractivity contribution in [1.82, 2.24) is 0 Å². The lowest BCUT2D eigenvalue weighted by Crippen LogP contribution is -2.16. The van der Waals surface area contributed by atoms with Crippen molar-refractivity contribution in [2.75, 3.05) is 20.0 Å². The van der Waals surface area contributed by atoms with Crippen LogP contribution in [0.5, 0.6) is 0 Å². The van der Waals surface area contributed by atoms with Crippen LogP contribution in [0.4, 0.5) is 0 Å². The maximum atomic E-state index is 8.89. The predicted octanol–water partition coefficient (Wildman–Crippen LogP) is -1.74. The minimum Gasteiger partial charge on any atom is -0.550 e. The molecule has 1 saturated heterocycles. The first kappa shape index (κ1) is 8.39. The fraction of sp³-hybridized carbons (Fsp3) is 0.800. The molecule has 1 rings (SSSR count). The van der Waals surface area contributed by atoms with Crippen LogP contribution in [0.15, 0.2) is 0 Å². The first-order valence-electron chi connectivity index (χ1n) is 2.62. The van der Waals surface area contributed by atoms with Gasteiger partial charge in [0.1, 0.15) is 6.61 Å². The topological polar surface area (TPSA) is 62.2 Å².